The first kappa shape index (κ1) is 16.4. The van der Waals surface area contributed by atoms with Gasteiger partial charge >= 0.3 is 0 Å². The number of carbonyl (C=O) groups excluding carboxylic acids is 1. The van der Waals surface area contributed by atoms with Gasteiger partial charge in [-0.15, -0.1) is 11.3 Å². The Balaban J connectivity index is 1.98. The van der Waals surface area contributed by atoms with Gasteiger partial charge in [-0.3, -0.25) is 9.78 Å². The molecule has 0 aromatic carbocycles. The molecule has 0 fully saturated rings. The number of H-pyrrole nitrogens is 1. The molecule has 0 unspecified atom stereocenters. The summed E-state index contributed by atoms with van der Waals surface area (Å²) in [6, 6.07) is 5.74. The van der Waals surface area contributed by atoms with E-state index in [9.17, 15) is 4.79 Å². The molecule has 6 nitrogen and oxygen atoms in total. The lowest BCUT2D eigenvalue weighted by molar-refractivity contribution is -0.114. The number of amides is 1. The number of aromatic nitrogens is 4. The first-order valence-electron chi connectivity index (χ1n) is 8.16. The van der Waals surface area contributed by atoms with Crippen LogP contribution in [-0.4, -0.2) is 25.8 Å². The van der Waals surface area contributed by atoms with Crippen molar-refractivity contribution < 1.29 is 4.79 Å². The number of rotatable bonds is 3. The van der Waals surface area contributed by atoms with Crippen LogP contribution in [0.15, 0.2) is 36.0 Å². The average Bonchev–Trinajstić information content (AvgIpc) is 3.18. The smallest absolute Gasteiger partial charge is 0.222 e. The monoisotopic (exact) mass is 363 g/mol. The fourth-order valence-electron chi connectivity index (χ4n) is 2.99. The number of pyridine rings is 2. The van der Waals surface area contributed by atoms with Crippen LogP contribution in [-0.2, 0) is 4.79 Å². The van der Waals surface area contributed by atoms with E-state index >= 15 is 0 Å². The summed E-state index contributed by atoms with van der Waals surface area (Å²) < 4.78 is 0. The van der Waals surface area contributed by atoms with E-state index in [2.05, 4.69) is 32.2 Å². The van der Waals surface area contributed by atoms with Gasteiger partial charge in [-0.2, -0.15) is 0 Å². The van der Waals surface area contributed by atoms with Gasteiger partial charge in [0, 0.05) is 30.3 Å². The molecule has 0 aliphatic carbocycles. The third-order valence-electron chi connectivity index (χ3n) is 4.12. The molecule has 4 rings (SSSR count). The Bertz CT molecular complexity index is 1130. The molecular weight excluding hydrogens is 346 g/mol. The van der Waals surface area contributed by atoms with Crippen molar-refractivity contribution in [1.82, 2.24) is 19.9 Å². The Labute approximate surface area is 154 Å². The zero-order valence-corrected chi connectivity index (χ0v) is 15.4. The van der Waals surface area contributed by atoms with Crippen LogP contribution in [0, 0.1) is 13.8 Å². The minimum atomic E-state index is -0.154. The summed E-state index contributed by atoms with van der Waals surface area (Å²) in [6.45, 7) is 5.51. The van der Waals surface area contributed by atoms with Gasteiger partial charge < -0.3 is 10.3 Å². The Morgan fingerprint density at radius 1 is 1.19 bits per heavy atom. The van der Waals surface area contributed by atoms with Crippen molar-refractivity contribution in [2.24, 2.45) is 0 Å². The van der Waals surface area contributed by atoms with E-state index in [0.717, 1.165) is 44.1 Å². The standard InChI is InChI=1S/C19H17N5OS/c1-10-4-6-21-19-16(14-9-26-12(3)23-14)18(24-17(10)19)13-5-7-20-15(8-13)22-11(2)25/h4-9,24H,1-3H3,(H,20,22,25). The molecule has 0 saturated carbocycles. The number of anilines is 1. The van der Waals surface area contributed by atoms with Gasteiger partial charge in [0.15, 0.2) is 0 Å². The number of hydrogen-bond donors (Lipinski definition) is 2. The minimum absolute atomic E-state index is 0.154. The largest absolute Gasteiger partial charge is 0.352 e. The number of thiazole rings is 1. The first-order valence-corrected chi connectivity index (χ1v) is 9.04. The number of nitrogens with one attached hydrogen (secondary N) is 2. The normalized spacial score (nSPS) is 11.0. The summed E-state index contributed by atoms with van der Waals surface area (Å²) in [6.07, 6.45) is 3.50. The molecule has 0 spiro atoms. The van der Waals surface area contributed by atoms with Crippen LogP contribution in [0.25, 0.3) is 33.5 Å². The predicted molar refractivity (Wildman–Crippen MR) is 104 cm³/mol. The molecule has 2 N–H and O–H groups in total. The summed E-state index contributed by atoms with van der Waals surface area (Å²) in [7, 11) is 0. The molecule has 0 bridgehead atoms. The number of nitrogens with zero attached hydrogens (tertiary/aromatic N) is 3. The van der Waals surface area contributed by atoms with E-state index in [1.54, 1.807) is 17.5 Å². The van der Waals surface area contributed by atoms with Crippen LogP contribution in [0.4, 0.5) is 5.82 Å². The Morgan fingerprint density at radius 2 is 2.00 bits per heavy atom. The number of carbonyl (C=O) groups is 1. The second-order valence-electron chi connectivity index (χ2n) is 6.09. The summed E-state index contributed by atoms with van der Waals surface area (Å²) in [5, 5.41) is 5.77. The Hall–Kier alpha value is -3.06. The van der Waals surface area contributed by atoms with Crippen LogP contribution in [0.3, 0.4) is 0 Å². The van der Waals surface area contributed by atoms with E-state index in [1.165, 1.54) is 6.92 Å². The molecular formula is C19H17N5OS. The maximum atomic E-state index is 11.4. The van der Waals surface area contributed by atoms with Gasteiger partial charge in [0.25, 0.3) is 0 Å². The fraction of sp³-hybridized carbons (Fsp3) is 0.158. The zero-order chi connectivity index (χ0) is 18.3. The predicted octanol–water partition coefficient (Wildman–Crippen LogP) is 4.32. The van der Waals surface area contributed by atoms with Gasteiger partial charge in [-0.25, -0.2) is 9.97 Å². The van der Waals surface area contributed by atoms with Crippen LogP contribution in [0.5, 0.6) is 0 Å². The Morgan fingerprint density at radius 3 is 2.73 bits per heavy atom. The highest BCUT2D eigenvalue weighted by molar-refractivity contribution is 7.09. The molecule has 0 atom stereocenters. The van der Waals surface area contributed by atoms with Gasteiger partial charge in [-0.1, -0.05) is 0 Å². The van der Waals surface area contributed by atoms with E-state index in [-0.39, 0.29) is 5.91 Å². The highest BCUT2D eigenvalue weighted by Crippen LogP contribution is 2.38. The summed E-state index contributed by atoms with van der Waals surface area (Å²) in [5.74, 6) is 0.359. The molecule has 1 amide bonds. The second-order valence-corrected chi connectivity index (χ2v) is 7.15. The summed E-state index contributed by atoms with van der Waals surface area (Å²) >= 11 is 1.61. The van der Waals surface area contributed by atoms with E-state index in [0.29, 0.717) is 5.82 Å². The SMILES string of the molecule is CC(=O)Nc1cc(-c2[nH]c3c(C)ccnc3c2-c2csc(C)n2)ccn1. The van der Waals surface area contributed by atoms with Crippen molar-refractivity contribution in [3.63, 3.8) is 0 Å². The molecule has 4 heterocycles. The molecule has 0 aliphatic rings. The van der Waals surface area contributed by atoms with E-state index in [4.69, 9.17) is 0 Å². The molecule has 0 radical (unpaired) electrons. The van der Waals surface area contributed by atoms with Crippen LogP contribution < -0.4 is 5.32 Å². The zero-order valence-electron chi connectivity index (χ0n) is 14.6. The van der Waals surface area contributed by atoms with Gasteiger partial charge in [-0.05, 0) is 37.6 Å². The maximum absolute atomic E-state index is 11.4. The van der Waals surface area contributed by atoms with Crippen molar-refractivity contribution in [3.05, 3.63) is 46.5 Å². The lowest BCUT2D eigenvalue weighted by Crippen LogP contribution is -2.07. The van der Waals surface area contributed by atoms with Gasteiger partial charge in [0.2, 0.25) is 5.91 Å². The average molecular weight is 363 g/mol. The third-order valence-corrected chi connectivity index (χ3v) is 4.90. The molecule has 4 aromatic rings. The molecule has 0 saturated heterocycles. The van der Waals surface area contributed by atoms with Crippen molar-refractivity contribution in [3.8, 4) is 22.5 Å². The molecule has 0 aliphatic heterocycles. The number of aryl methyl sites for hydroxylation is 2. The second kappa shape index (κ2) is 6.34. The molecule has 26 heavy (non-hydrogen) atoms. The summed E-state index contributed by atoms with van der Waals surface area (Å²) in [5.41, 5.74) is 6.69. The van der Waals surface area contributed by atoms with Crippen molar-refractivity contribution in [2.75, 3.05) is 5.32 Å². The Kier molecular flexibility index (Phi) is 4.00. The number of fused-ring (bicyclic) bond motifs is 1. The lowest BCUT2D eigenvalue weighted by Gasteiger charge is -2.05. The maximum Gasteiger partial charge on any atom is 0.222 e. The molecule has 130 valence electrons. The van der Waals surface area contributed by atoms with Crippen molar-refractivity contribution in [1.29, 1.82) is 0 Å². The topological polar surface area (TPSA) is 83.6 Å². The van der Waals surface area contributed by atoms with Crippen LogP contribution in [0.2, 0.25) is 0 Å². The van der Waals surface area contributed by atoms with Crippen molar-refractivity contribution in [2.45, 2.75) is 20.8 Å². The van der Waals surface area contributed by atoms with Crippen LogP contribution in [0.1, 0.15) is 17.5 Å². The van der Waals surface area contributed by atoms with Gasteiger partial charge in [0.05, 0.1) is 33.0 Å². The fourth-order valence-corrected chi connectivity index (χ4v) is 3.59. The van der Waals surface area contributed by atoms with Crippen LogP contribution >= 0.6 is 11.3 Å². The van der Waals surface area contributed by atoms with E-state index in [1.807, 2.05) is 36.7 Å². The van der Waals surface area contributed by atoms with Gasteiger partial charge in [0.1, 0.15) is 5.82 Å². The van der Waals surface area contributed by atoms with Crippen molar-refractivity contribution >= 4 is 34.1 Å². The first-order chi connectivity index (χ1) is 12.5. The highest BCUT2D eigenvalue weighted by Gasteiger charge is 2.19. The lowest BCUT2D eigenvalue weighted by atomic mass is 10.1. The minimum Gasteiger partial charge on any atom is -0.352 e. The third kappa shape index (κ3) is 2.86. The molecule has 4 aromatic heterocycles. The number of aromatic amines is 1. The number of hydrogen-bond acceptors (Lipinski definition) is 5. The quantitative estimate of drug-likeness (QED) is 0.568. The highest BCUT2D eigenvalue weighted by atomic mass is 32.1. The summed E-state index contributed by atoms with van der Waals surface area (Å²) in [4.78, 5) is 28.3. The molecule has 7 heteroatoms. The van der Waals surface area contributed by atoms with E-state index < -0.39 is 0 Å².